The summed E-state index contributed by atoms with van der Waals surface area (Å²) in [5, 5.41) is 0. The van der Waals surface area contributed by atoms with E-state index in [0.717, 1.165) is 6.54 Å². The summed E-state index contributed by atoms with van der Waals surface area (Å²) in [4.78, 5) is 2.58. The molecule has 4 atom stereocenters. The van der Waals surface area contributed by atoms with Crippen LogP contribution in [0.1, 0.15) is 51.0 Å². The van der Waals surface area contributed by atoms with E-state index in [1.165, 1.54) is 31.2 Å². The van der Waals surface area contributed by atoms with Crippen molar-refractivity contribution in [2.24, 2.45) is 11.7 Å². The van der Waals surface area contributed by atoms with Gasteiger partial charge in [-0.2, -0.15) is 0 Å². The highest BCUT2D eigenvalue weighted by Gasteiger charge is 2.33. The molecule has 2 N–H and O–H groups in total. The quantitative estimate of drug-likeness (QED) is 0.888. The Balaban J connectivity index is 2.11. The normalized spacial score (nSPS) is 28.6. The summed E-state index contributed by atoms with van der Waals surface area (Å²) in [5.74, 6) is 1.37. The number of hydrogen-bond donors (Lipinski definition) is 1. The summed E-state index contributed by atoms with van der Waals surface area (Å²) in [5.41, 5.74) is 7.54. The predicted octanol–water partition coefficient (Wildman–Crippen LogP) is 3.63. The van der Waals surface area contributed by atoms with Gasteiger partial charge in [-0.05, 0) is 63.6 Å². The molecule has 0 aromatic heterocycles. The van der Waals surface area contributed by atoms with Crippen molar-refractivity contribution in [3.63, 3.8) is 0 Å². The van der Waals surface area contributed by atoms with E-state index in [4.69, 9.17) is 5.73 Å². The van der Waals surface area contributed by atoms with Crippen molar-refractivity contribution >= 4 is 0 Å². The van der Waals surface area contributed by atoms with Crippen molar-refractivity contribution in [2.75, 3.05) is 13.6 Å². The summed E-state index contributed by atoms with van der Waals surface area (Å²) < 4.78 is 0. The SMILES string of the molecule is CCC(C)N(C)C1CC(c2ccccc2)CCC1CN. The molecular weight excluding hydrogens is 244 g/mol. The van der Waals surface area contributed by atoms with Crippen LogP contribution in [0.3, 0.4) is 0 Å². The fourth-order valence-electron chi connectivity index (χ4n) is 3.63. The lowest BCUT2D eigenvalue weighted by molar-refractivity contribution is 0.0885. The lowest BCUT2D eigenvalue weighted by Crippen LogP contribution is -2.48. The van der Waals surface area contributed by atoms with Crippen molar-refractivity contribution in [3.05, 3.63) is 35.9 Å². The minimum atomic E-state index is 0.633. The van der Waals surface area contributed by atoms with Crippen molar-refractivity contribution < 1.29 is 0 Å². The van der Waals surface area contributed by atoms with E-state index >= 15 is 0 Å². The standard InChI is InChI=1S/C18H30N2/c1-4-14(2)20(3)18-12-16(10-11-17(18)13-19)15-8-6-5-7-9-15/h5-9,14,16-18H,4,10-13,19H2,1-3H3. The van der Waals surface area contributed by atoms with Crippen LogP contribution >= 0.6 is 0 Å². The monoisotopic (exact) mass is 274 g/mol. The molecule has 1 fully saturated rings. The van der Waals surface area contributed by atoms with Gasteiger partial charge in [-0.15, -0.1) is 0 Å². The molecule has 0 heterocycles. The maximum absolute atomic E-state index is 6.03. The molecule has 1 aliphatic rings. The van der Waals surface area contributed by atoms with Gasteiger partial charge in [0.25, 0.3) is 0 Å². The lowest BCUT2D eigenvalue weighted by atomic mass is 9.74. The first kappa shape index (κ1) is 15.5. The van der Waals surface area contributed by atoms with Gasteiger partial charge in [-0.1, -0.05) is 37.3 Å². The number of rotatable bonds is 5. The molecule has 0 aliphatic heterocycles. The molecule has 1 saturated carbocycles. The lowest BCUT2D eigenvalue weighted by Gasteiger charge is -2.43. The minimum absolute atomic E-state index is 0.633. The average molecular weight is 274 g/mol. The van der Waals surface area contributed by atoms with Gasteiger partial charge in [0, 0.05) is 12.1 Å². The zero-order valence-corrected chi connectivity index (χ0v) is 13.3. The molecule has 0 saturated heterocycles. The van der Waals surface area contributed by atoms with Gasteiger partial charge >= 0.3 is 0 Å². The summed E-state index contributed by atoms with van der Waals surface area (Å²) >= 11 is 0. The molecular formula is C18H30N2. The summed E-state index contributed by atoms with van der Waals surface area (Å²) in [6.45, 7) is 5.43. The highest BCUT2D eigenvalue weighted by Crippen LogP contribution is 2.38. The topological polar surface area (TPSA) is 29.3 Å². The molecule has 20 heavy (non-hydrogen) atoms. The Morgan fingerprint density at radius 1 is 1.25 bits per heavy atom. The zero-order valence-electron chi connectivity index (χ0n) is 13.3. The smallest absolute Gasteiger partial charge is 0.0141 e. The Kier molecular flexibility index (Phi) is 5.62. The number of nitrogens with zero attached hydrogens (tertiary/aromatic N) is 1. The molecule has 0 bridgehead atoms. The van der Waals surface area contributed by atoms with Crippen LogP contribution in [-0.2, 0) is 0 Å². The number of benzene rings is 1. The second-order valence-electron chi connectivity index (χ2n) is 6.41. The number of nitrogens with two attached hydrogens (primary N) is 1. The van der Waals surface area contributed by atoms with Crippen LogP contribution in [0.2, 0.25) is 0 Å². The largest absolute Gasteiger partial charge is 0.330 e. The van der Waals surface area contributed by atoms with Crippen LogP contribution in [0, 0.1) is 5.92 Å². The molecule has 1 aliphatic carbocycles. The highest BCUT2D eigenvalue weighted by molar-refractivity contribution is 5.20. The van der Waals surface area contributed by atoms with Crippen molar-refractivity contribution in [2.45, 2.75) is 57.5 Å². The van der Waals surface area contributed by atoms with E-state index in [1.807, 2.05) is 0 Å². The van der Waals surface area contributed by atoms with Gasteiger partial charge in [0.05, 0.1) is 0 Å². The average Bonchev–Trinajstić information content (AvgIpc) is 2.53. The summed E-state index contributed by atoms with van der Waals surface area (Å²) in [7, 11) is 2.29. The second-order valence-corrected chi connectivity index (χ2v) is 6.41. The van der Waals surface area contributed by atoms with Gasteiger partial charge < -0.3 is 10.6 Å². The third kappa shape index (κ3) is 3.42. The molecule has 0 spiro atoms. The molecule has 112 valence electrons. The summed E-state index contributed by atoms with van der Waals surface area (Å²) in [6, 6.07) is 12.3. The maximum atomic E-state index is 6.03. The first-order valence-electron chi connectivity index (χ1n) is 8.14. The third-order valence-corrected chi connectivity index (χ3v) is 5.34. The molecule has 0 amide bonds. The Labute approximate surface area is 124 Å². The van der Waals surface area contributed by atoms with Gasteiger partial charge in [-0.3, -0.25) is 0 Å². The Hall–Kier alpha value is -0.860. The van der Waals surface area contributed by atoms with E-state index in [1.54, 1.807) is 0 Å². The third-order valence-electron chi connectivity index (χ3n) is 5.34. The van der Waals surface area contributed by atoms with E-state index in [9.17, 15) is 0 Å². The molecule has 1 aromatic rings. The Morgan fingerprint density at radius 3 is 2.55 bits per heavy atom. The molecule has 2 rings (SSSR count). The Morgan fingerprint density at radius 2 is 1.95 bits per heavy atom. The molecule has 0 radical (unpaired) electrons. The van der Waals surface area contributed by atoms with E-state index < -0.39 is 0 Å². The summed E-state index contributed by atoms with van der Waals surface area (Å²) in [6.07, 6.45) is 5.02. The predicted molar refractivity (Wildman–Crippen MR) is 86.9 cm³/mol. The van der Waals surface area contributed by atoms with Crippen LogP contribution in [0.4, 0.5) is 0 Å². The molecule has 4 unspecified atom stereocenters. The van der Waals surface area contributed by atoms with Gasteiger partial charge in [0.1, 0.15) is 0 Å². The minimum Gasteiger partial charge on any atom is -0.330 e. The van der Waals surface area contributed by atoms with Crippen molar-refractivity contribution in [1.29, 1.82) is 0 Å². The van der Waals surface area contributed by atoms with E-state index in [-0.39, 0.29) is 0 Å². The highest BCUT2D eigenvalue weighted by atomic mass is 15.2. The number of hydrogen-bond acceptors (Lipinski definition) is 2. The Bertz CT molecular complexity index is 390. The maximum Gasteiger partial charge on any atom is 0.0141 e. The first-order valence-corrected chi connectivity index (χ1v) is 8.14. The zero-order chi connectivity index (χ0) is 14.5. The van der Waals surface area contributed by atoms with Gasteiger partial charge in [0.15, 0.2) is 0 Å². The first-order chi connectivity index (χ1) is 9.67. The van der Waals surface area contributed by atoms with Crippen LogP contribution in [0.25, 0.3) is 0 Å². The molecule has 2 heteroatoms. The van der Waals surface area contributed by atoms with E-state index in [2.05, 4.69) is 56.1 Å². The van der Waals surface area contributed by atoms with Gasteiger partial charge in [-0.25, -0.2) is 0 Å². The van der Waals surface area contributed by atoms with Gasteiger partial charge in [0.2, 0.25) is 0 Å². The fraction of sp³-hybridized carbons (Fsp3) is 0.667. The molecule has 2 nitrogen and oxygen atoms in total. The second kappa shape index (κ2) is 7.24. The van der Waals surface area contributed by atoms with Crippen molar-refractivity contribution in [1.82, 2.24) is 4.90 Å². The van der Waals surface area contributed by atoms with Crippen LogP contribution in [0.15, 0.2) is 30.3 Å². The molecule has 1 aromatic carbocycles. The van der Waals surface area contributed by atoms with Crippen LogP contribution in [0.5, 0.6) is 0 Å². The fourth-order valence-corrected chi connectivity index (χ4v) is 3.63. The van der Waals surface area contributed by atoms with Crippen LogP contribution in [-0.4, -0.2) is 30.6 Å². The van der Waals surface area contributed by atoms with Crippen molar-refractivity contribution in [3.8, 4) is 0 Å². The van der Waals surface area contributed by atoms with Crippen LogP contribution < -0.4 is 5.73 Å². The van der Waals surface area contributed by atoms with E-state index in [0.29, 0.717) is 23.9 Å².